The number of sulfone groups is 1. The van der Waals surface area contributed by atoms with Crippen LogP contribution in [0.1, 0.15) is 61.2 Å². The predicted octanol–water partition coefficient (Wildman–Crippen LogP) is 2.43. The number of hydrogen-bond donors (Lipinski definition) is 1. The molecule has 1 aliphatic rings. The number of ether oxygens (including phenoxy) is 2. The average Bonchev–Trinajstić information content (AvgIpc) is 3.06. The molecule has 1 aliphatic heterocycles. The third-order valence-corrected chi connectivity index (χ3v) is 5.32. The lowest BCUT2D eigenvalue weighted by Crippen LogP contribution is -2.37. The highest BCUT2D eigenvalue weighted by Gasteiger charge is 2.43. The molecule has 0 aliphatic carbocycles. The SMILES string of the molecule is [2H]C([2H])([2H])Oc1ccc(C(CS(=O)(=O)C([2H])([2H])[2H])N2C(=O)c3cccc(NC(C)=O)c3C2=O)cc1OC([2H])([2H])C([2H])([2H])[2H]. The Labute approximate surface area is 201 Å². The van der Waals surface area contributed by atoms with Crippen LogP contribution in [0.3, 0.4) is 0 Å². The normalized spacial score (nSPS) is 20.9. The second-order valence-electron chi connectivity index (χ2n) is 6.70. The van der Waals surface area contributed by atoms with E-state index in [1.54, 1.807) is 0 Å². The summed E-state index contributed by atoms with van der Waals surface area (Å²) in [7, 11) is -8.25. The Balaban J connectivity index is 2.26. The first-order valence-electron chi connectivity index (χ1n) is 14.4. The fourth-order valence-corrected chi connectivity index (χ4v) is 4.12. The molecular weight excluding hydrogens is 436 g/mol. The van der Waals surface area contributed by atoms with Gasteiger partial charge in [0.2, 0.25) is 5.91 Å². The van der Waals surface area contributed by atoms with Crippen LogP contribution in [0.4, 0.5) is 5.69 Å². The Bertz CT molecular complexity index is 1570. The highest BCUT2D eigenvalue weighted by atomic mass is 32.2. The van der Waals surface area contributed by atoms with Crippen LogP contribution in [0.25, 0.3) is 0 Å². The van der Waals surface area contributed by atoms with E-state index in [1.165, 1.54) is 18.2 Å². The van der Waals surface area contributed by atoms with E-state index in [1.807, 2.05) is 0 Å². The molecule has 1 heterocycles. The van der Waals surface area contributed by atoms with Crippen molar-refractivity contribution in [2.75, 3.05) is 30.9 Å². The summed E-state index contributed by atoms with van der Waals surface area (Å²) < 4.78 is 118. The molecule has 10 heteroatoms. The first-order chi connectivity index (χ1) is 19.4. The van der Waals surface area contributed by atoms with Crippen molar-refractivity contribution in [3.63, 3.8) is 0 Å². The smallest absolute Gasteiger partial charge is 0.264 e. The van der Waals surface area contributed by atoms with Gasteiger partial charge in [-0.2, -0.15) is 0 Å². The molecule has 1 N–H and O–H groups in total. The van der Waals surface area contributed by atoms with Gasteiger partial charge in [-0.1, -0.05) is 12.1 Å². The second-order valence-corrected chi connectivity index (χ2v) is 8.26. The Kier molecular flexibility index (Phi) is 3.54. The molecule has 2 aromatic carbocycles. The maximum absolute atomic E-state index is 13.6. The summed E-state index contributed by atoms with van der Waals surface area (Å²) in [4.78, 5) is 39.2. The van der Waals surface area contributed by atoms with Gasteiger partial charge in [0, 0.05) is 21.3 Å². The lowest BCUT2D eigenvalue weighted by atomic mass is 10.1. The summed E-state index contributed by atoms with van der Waals surface area (Å²) in [6.07, 6.45) is -3.62. The number of anilines is 1. The number of rotatable bonds is 8. The minimum Gasteiger partial charge on any atom is -0.493 e. The summed E-state index contributed by atoms with van der Waals surface area (Å²) >= 11 is 0. The summed E-state index contributed by atoms with van der Waals surface area (Å²) in [6, 6.07) is 4.43. The van der Waals surface area contributed by atoms with Crippen LogP contribution in [0.2, 0.25) is 0 Å². The number of imide groups is 1. The van der Waals surface area contributed by atoms with Crippen LogP contribution in [0.5, 0.6) is 11.5 Å². The molecule has 0 saturated carbocycles. The number of nitrogens with one attached hydrogen (secondary N) is 1. The maximum atomic E-state index is 13.6. The molecule has 170 valence electrons. The van der Waals surface area contributed by atoms with Crippen molar-refractivity contribution in [3.8, 4) is 11.5 Å². The standard InChI is InChI=1S/C22H24N2O7S/c1-5-31-19-11-14(9-10-18(19)30-3)17(12-32(4,28)29)24-21(26)15-7-6-8-16(23-13(2)25)20(15)22(24)27/h6-11,17H,5,12H2,1-4H3,(H,23,25)/i1D3,3D3,4D3,5D2. The number of nitrogens with zero attached hydrogens (tertiary/aromatic N) is 1. The topological polar surface area (TPSA) is 119 Å². The molecule has 0 fully saturated rings. The molecule has 0 bridgehead atoms. The van der Waals surface area contributed by atoms with E-state index in [4.69, 9.17) is 24.6 Å². The molecule has 2 aromatic rings. The van der Waals surface area contributed by atoms with Crippen LogP contribution < -0.4 is 14.8 Å². The molecule has 1 unspecified atom stereocenters. The largest absolute Gasteiger partial charge is 0.493 e. The third kappa shape index (κ3) is 4.59. The van der Waals surface area contributed by atoms with Gasteiger partial charge in [-0.15, -0.1) is 0 Å². The van der Waals surface area contributed by atoms with Crippen molar-refractivity contribution < 1.29 is 47.4 Å². The van der Waals surface area contributed by atoms with Crippen molar-refractivity contribution in [2.24, 2.45) is 0 Å². The molecule has 0 aromatic heterocycles. The lowest BCUT2D eigenvalue weighted by molar-refractivity contribution is -0.114. The molecule has 1 atom stereocenters. The van der Waals surface area contributed by atoms with Crippen LogP contribution >= 0.6 is 0 Å². The highest BCUT2D eigenvalue weighted by molar-refractivity contribution is 7.90. The quantitative estimate of drug-likeness (QED) is 0.587. The summed E-state index contributed by atoms with van der Waals surface area (Å²) in [5, 5.41) is 2.37. The molecule has 32 heavy (non-hydrogen) atoms. The van der Waals surface area contributed by atoms with Crippen molar-refractivity contribution in [1.29, 1.82) is 0 Å². The number of fused-ring (bicyclic) bond motifs is 1. The van der Waals surface area contributed by atoms with Crippen LogP contribution in [-0.4, -0.2) is 56.6 Å². The zero-order chi connectivity index (χ0) is 32.9. The van der Waals surface area contributed by atoms with Gasteiger partial charge in [-0.05, 0) is 36.7 Å². The minimum atomic E-state index is -5.10. The van der Waals surface area contributed by atoms with Crippen molar-refractivity contribution in [2.45, 2.75) is 19.8 Å². The highest BCUT2D eigenvalue weighted by Crippen LogP contribution is 2.38. The van der Waals surface area contributed by atoms with E-state index in [9.17, 15) is 22.8 Å². The Morgan fingerprint density at radius 3 is 2.72 bits per heavy atom. The fourth-order valence-electron chi connectivity index (χ4n) is 3.36. The molecular formula is C22H24N2O7S. The Morgan fingerprint density at radius 2 is 2.03 bits per heavy atom. The molecule has 0 radical (unpaired) electrons. The van der Waals surface area contributed by atoms with E-state index in [-0.39, 0.29) is 16.8 Å². The second kappa shape index (κ2) is 8.99. The summed E-state index contributed by atoms with van der Waals surface area (Å²) in [5.74, 6) is -5.80. The van der Waals surface area contributed by atoms with Crippen LogP contribution in [-0.2, 0) is 14.6 Å². The van der Waals surface area contributed by atoms with Crippen LogP contribution in [0, 0.1) is 0 Å². The first-order valence-corrected chi connectivity index (χ1v) is 10.5. The lowest BCUT2D eigenvalue weighted by Gasteiger charge is -2.27. The van der Waals surface area contributed by atoms with Gasteiger partial charge in [0.25, 0.3) is 11.8 Å². The number of hydrogen-bond acceptors (Lipinski definition) is 7. The fraction of sp³-hybridized carbons (Fsp3) is 0.318. The number of carbonyl (C=O) groups is 3. The zero-order valence-electron chi connectivity index (χ0n) is 27.5. The molecule has 9 nitrogen and oxygen atoms in total. The number of methoxy groups -OCH3 is 1. The van der Waals surface area contributed by atoms with E-state index in [0.717, 1.165) is 25.1 Å². The van der Waals surface area contributed by atoms with Gasteiger partial charge < -0.3 is 14.8 Å². The monoisotopic (exact) mass is 471 g/mol. The van der Waals surface area contributed by atoms with Gasteiger partial charge in [0.1, 0.15) is 9.84 Å². The Morgan fingerprint density at radius 1 is 1.22 bits per heavy atom. The van der Waals surface area contributed by atoms with Gasteiger partial charge in [0.15, 0.2) is 11.5 Å². The van der Waals surface area contributed by atoms with E-state index in [0.29, 0.717) is 4.90 Å². The minimum absolute atomic E-state index is 0.0976. The number of carbonyl (C=O) groups excluding carboxylic acids is 3. The van der Waals surface area contributed by atoms with Gasteiger partial charge >= 0.3 is 0 Å². The van der Waals surface area contributed by atoms with Crippen molar-refractivity contribution >= 4 is 33.2 Å². The molecule has 3 amide bonds. The first kappa shape index (κ1) is 12.6. The molecule has 0 saturated heterocycles. The average molecular weight is 472 g/mol. The number of benzene rings is 2. The summed E-state index contributed by atoms with van der Waals surface area (Å²) in [5.41, 5.74) is -1.07. The summed E-state index contributed by atoms with van der Waals surface area (Å²) in [6.45, 7) is -5.75. The van der Waals surface area contributed by atoms with E-state index >= 15 is 0 Å². The third-order valence-electron chi connectivity index (χ3n) is 4.57. The van der Waals surface area contributed by atoms with Crippen molar-refractivity contribution in [1.82, 2.24) is 4.90 Å². The van der Waals surface area contributed by atoms with Gasteiger partial charge in [0.05, 0.1) is 49.1 Å². The van der Waals surface area contributed by atoms with Crippen molar-refractivity contribution in [3.05, 3.63) is 53.1 Å². The van der Waals surface area contributed by atoms with Gasteiger partial charge in [-0.25, -0.2) is 8.42 Å². The molecule has 3 rings (SSSR count). The van der Waals surface area contributed by atoms with Gasteiger partial charge in [-0.3, -0.25) is 19.3 Å². The number of amides is 3. The van der Waals surface area contributed by atoms with E-state index in [2.05, 4.69) is 5.32 Å². The maximum Gasteiger partial charge on any atom is 0.264 e. The molecule has 0 spiro atoms. The Hall–Kier alpha value is -3.40. The zero-order valence-corrected chi connectivity index (χ0v) is 17.3. The van der Waals surface area contributed by atoms with E-state index < -0.39 is 83.0 Å². The van der Waals surface area contributed by atoms with Crippen LogP contribution in [0.15, 0.2) is 36.4 Å². The predicted molar refractivity (Wildman–Crippen MR) is 118 cm³/mol.